The number of amides is 2. The number of β-lactam (4-membered cyclic amide) rings is 1. The summed E-state index contributed by atoms with van der Waals surface area (Å²) in [5, 5.41) is 14.7. The molecule has 3 aromatic carbocycles. The van der Waals surface area contributed by atoms with Gasteiger partial charge in [-0.05, 0) is 90.6 Å². The van der Waals surface area contributed by atoms with Gasteiger partial charge in [0.1, 0.15) is 22.9 Å². The number of thioether (sulfide) groups is 1. The predicted molar refractivity (Wildman–Crippen MR) is 246 cm³/mol. The maximum atomic E-state index is 14.1. The molecular weight excluding hydrogens is 864 g/mol. The zero-order valence-corrected chi connectivity index (χ0v) is 39.4. The Morgan fingerprint density at radius 3 is 2.24 bits per heavy atom. The van der Waals surface area contributed by atoms with Crippen LogP contribution in [-0.2, 0) is 33.6 Å². The molecule has 1 aliphatic carbocycles. The molecule has 63 heavy (non-hydrogen) atoms. The van der Waals surface area contributed by atoms with E-state index in [1.54, 1.807) is 53.4 Å². The van der Waals surface area contributed by atoms with Crippen LogP contribution in [0, 0.1) is 17.7 Å². The van der Waals surface area contributed by atoms with Crippen LogP contribution in [0.15, 0.2) is 72.8 Å². The minimum Gasteiger partial charge on any atom is -0.484 e. The average molecular weight is 923 g/mol. The normalized spacial score (nSPS) is 18.1. The number of aliphatic carboxylic acids is 1. The summed E-state index contributed by atoms with van der Waals surface area (Å²) in [5.74, 6) is 4.02. The number of carbonyl (C=O) groups is 4. The van der Waals surface area contributed by atoms with Gasteiger partial charge in [-0.1, -0.05) is 76.1 Å². The highest BCUT2D eigenvalue weighted by Gasteiger charge is 2.50. The number of benzene rings is 3. The quantitative estimate of drug-likeness (QED) is 0.0552. The van der Waals surface area contributed by atoms with Gasteiger partial charge in [-0.15, -0.1) is 11.8 Å². The second-order valence-corrected chi connectivity index (χ2v) is 25.3. The fourth-order valence-electron chi connectivity index (χ4n) is 7.08. The van der Waals surface area contributed by atoms with Crippen molar-refractivity contribution < 1.29 is 46.3 Å². The third kappa shape index (κ3) is 14.5. The Morgan fingerprint density at radius 1 is 0.984 bits per heavy atom. The van der Waals surface area contributed by atoms with E-state index in [2.05, 4.69) is 61.1 Å². The number of carboxylic acid groups (broad SMARTS) is 1. The molecule has 1 saturated carbocycles. The highest BCUT2D eigenvalue weighted by molar-refractivity contribution is 8.00. The second kappa shape index (κ2) is 21.9. The van der Waals surface area contributed by atoms with Crippen molar-refractivity contribution in [1.29, 1.82) is 0 Å². The Kier molecular flexibility index (Phi) is 17.2. The standard InChI is InChI=1S/C46H59FN4O9S2Si/c1-46(2,3)63(5,6)60-40(32-16-20-34(47)21-17-32)30-61-43-42(51(44(43)54)36-22-14-31(15-23-36)11-10-26-49-62(4,57)58)33-18-24-38(25-19-33)59-29-41(53)48-28-37(52)27-39(45(55)56)50-35-12-8-7-9-13-35/h14-25,35,39-40,42-43,49-50H,7-9,12-13,26-30H2,1-6H3,(H,48,53)(H,55,56)/t39-,40+,42-,43-/m1/s1. The van der Waals surface area contributed by atoms with Crippen LogP contribution in [-0.4, -0.2) is 94.4 Å². The maximum absolute atomic E-state index is 14.1. The van der Waals surface area contributed by atoms with Gasteiger partial charge in [0.25, 0.3) is 5.91 Å². The van der Waals surface area contributed by atoms with Crippen molar-refractivity contribution in [3.05, 3.63) is 95.3 Å². The molecule has 4 atom stereocenters. The Bertz CT molecular complexity index is 2240. The zero-order chi connectivity index (χ0) is 46.0. The molecule has 0 unspecified atom stereocenters. The number of carboxylic acids is 1. The first kappa shape index (κ1) is 49.4. The maximum Gasteiger partial charge on any atom is 0.321 e. The summed E-state index contributed by atoms with van der Waals surface area (Å²) in [5.41, 5.74) is 2.91. The number of nitrogens with zero attached hydrogens (tertiary/aromatic N) is 1. The van der Waals surface area contributed by atoms with Crippen LogP contribution < -0.4 is 25.0 Å². The van der Waals surface area contributed by atoms with Crippen molar-refractivity contribution >= 4 is 59.4 Å². The first-order valence-electron chi connectivity index (χ1n) is 21.1. The monoisotopic (exact) mass is 922 g/mol. The van der Waals surface area contributed by atoms with Crippen LogP contribution in [0.2, 0.25) is 18.1 Å². The molecule has 17 heteroatoms. The third-order valence-corrected chi connectivity index (χ3v) is 18.1. The van der Waals surface area contributed by atoms with Gasteiger partial charge < -0.3 is 29.8 Å². The highest BCUT2D eigenvalue weighted by atomic mass is 32.2. The van der Waals surface area contributed by atoms with Crippen LogP contribution in [0.1, 0.15) is 88.1 Å². The lowest BCUT2D eigenvalue weighted by Gasteiger charge is -2.47. The molecule has 1 aliphatic heterocycles. The number of carbonyl (C=O) groups excluding carboxylic acids is 3. The molecule has 13 nitrogen and oxygen atoms in total. The summed E-state index contributed by atoms with van der Waals surface area (Å²) in [6.45, 7) is 10.0. The molecule has 4 N–H and O–H groups in total. The molecule has 0 bridgehead atoms. The van der Waals surface area contributed by atoms with E-state index >= 15 is 0 Å². The van der Waals surface area contributed by atoms with E-state index < -0.39 is 59.4 Å². The van der Waals surface area contributed by atoms with Gasteiger partial charge in [-0.25, -0.2) is 17.5 Å². The fraction of sp³-hybridized carbons (Fsp3) is 0.478. The van der Waals surface area contributed by atoms with E-state index in [0.29, 0.717) is 22.8 Å². The van der Waals surface area contributed by atoms with Gasteiger partial charge in [0, 0.05) is 29.5 Å². The van der Waals surface area contributed by atoms with E-state index in [1.165, 1.54) is 23.9 Å². The summed E-state index contributed by atoms with van der Waals surface area (Å²) in [4.78, 5) is 52.9. The van der Waals surface area contributed by atoms with E-state index in [9.17, 15) is 37.1 Å². The lowest BCUT2D eigenvalue weighted by Crippen LogP contribution is -2.58. The SMILES string of the molecule is CC(C)(C)[Si](C)(C)O[C@@H](CS[C@H]1C(=O)N(c2ccc(C#CCNS(C)(=O)=O)cc2)[C@@H]1c1ccc(OCC(=O)NCC(=O)C[C@@H](NC2CCCCC2)C(=O)O)cc1)c1ccc(F)cc1. The molecule has 2 aliphatic rings. The number of hydrogen-bond donors (Lipinski definition) is 4. The highest BCUT2D eigenvalue weighted by Crippen LogP contribution is 2.48. The minimum atomic E-state index is -3.38. The van der Waals surface area contributed by atoms with Crippen LogP contribution in [0.3, 0.4) is 0 Å². The van der Waals surface area contributed by atoms with Gasteiger partial charge in [0.05, 0.1) is 31.5 Å². The summed E-state index contributed by atoms with van der Waals surface area (Å²) in [6.07, 6.45) is 5.32. The summed E-state index contributed by atoms with van der Waals surface area (Å²) < 4.78 is 51.8. The molecule has 0 aromatic heterocycles. The van der Waals surface area contributed by atoms with Crippen molar-refractivity contribution in [2.75, 3.05) is 36.6 Å². The van der Waals surface area contributed by atoms with Gasteiger partial charge in [-0.2, -0.15) is 0 Å². The first-order chi connectivity index (χ1) is 29.7. The molecule has 340 valence electrons. The number of nitrogens with one attached hydrogen (secondary N) is 3. The molecule has 2 amide bonds. The van der Waals surface area contributed by atoms with E-state index in [0.717, 1.165) is 49.5 Å². The Balaban J connectivity index is 1.27. The van der Waals surface area contributed by atoms with Crippen molar-refractivity contribution in [1.82, 2.24) is 15.4 Å². The molecule has 1 heterocycles. The van der Waals surface area contributed by atoms with Gasteiger partial charge in [0.15, 0.2) is 20.7 Å². The predicted octanol–water partition coefficient (Wildman–Crippen LogP) is 6.51. The van der Waals surface area contributed by atoms with Crippen molar-refractivity contribution in [2.45, 2.75) is 107 Å². The number of sulfonamides is 1. The Hall–Kier alpha value is -4.57. The summed E-state index contributed by atoms with van der Waals surface area (Å²) in [7, 11) is -5.68. The van der Waals surface area contributed by atoms with E-state index in [-0.39, 0.29) is 48.9 Å². The largest absolute Gasteiger partial charge is 0.484 e. The topological polar surface area (TPSA) is 180 Å². The van der Waals surface area contributed by atoms with Crippen molar-refractivity contribution in [2.24, 2.45) is 0 Å². The lowest BCUT2D eigenvalue weighted by atomic mass is 9.92. The molecule has 3 aromatic rings. The van der Waals surface area contributed by atoms with E-state index in [4.69, 9.17) is 9.16 Å². The van der Waals surface area contributed by atoms with Crippen molar-refractivity contribution in [3.63, 3.8) is 0 Å². The molecular formula is C46H59FN4O9S2Si. The smallest absolute Gasteiger partial charge is 0.321 e. The number of rotatable bonds is 20. The summed E-state index contributed by atoms with van der Waals surface area (Å²) >= 11 is 1.48. The van der Waals surface area contributed by atoms with Gasteiger partial charge >= 0.3 is 5.97 Å². The van der Waals surface area contributed by atoms with Crippen LogP contribution in [0.25, 0.3) is 0 Å². The van der Waals surface area contributed by atoms with Crippen LogP contribution >= 0.6 is 11.8 Å². The minimum absolute atomic E-state index is 0.0402. The van der Waals surface area contributed by atoms with E-state index in [1.807, 2.05) is 12.1 Å². The molecule has 2 fully saturated rings. The summed E-state index contributed by atoms with van der Waals surface area (Å²) in [6, 6.07) is 19.1. The molecule has 0 spiro atoms. The number of ether oxygens (including phenoxy) is 1. The second-order valence-electron chi connectivity index (χ2n) is 17.5. The van der Waals surface area contributed by atoms with Gasteiger partial charge in [0.2, 0.25) is 15.9 Å². The Morgan fingerprint density at radius 2 is 1.63 bits per heavy atom. The molecule has 0 radical (unpaired) electrons. The Labute approximate surface area is 375 Å². The number of Topliss-reactive ketones (excluding diaryl/α,β-unsaturated/α-hetero) is 1. The number of halogens is 1. The number of hydrogen-bond acceptors (Lipinski definition) is 10. The number of ketones is 1. The average Bonchev–Trinajstić information content (AvgIpc) is 3.22. The first-order valence-corrected chi connectivity index (χ1v) is 27.0. The zero-order valence-electron chi connectivity index (χ0n) is 36.7. The molecule has 5 rings (SSSR count). The molecule has 1 saturated heterocycles. The fourth-order valence-corrected chi connectivity index (χ4v) is 10.2. The van der Waals surface area contributed by atoms with Crippen LogP contribution in [0.4, 0.5) is 10.1 Å². The van der Waals surface area contributed by atoms with Crippen LogP contribution in [0.5, 0.6) is 5.75 Å². The number of anilines is 1. The van der Waals surface area contributed by atoms with Gasteiger partial charge in [-0.3, -0.25) is 19.2 Å². The van der Waals surface area contributed by atoms with Crippen molar-refractivity contribution in [3.8, 4) is 17.6 Å². The third-order valence-electron chi connectivity index (χ3n) is 11.6. The lowest BCUT2D eigenvalue weighted by molar-refractivity contribution is -0.141.